The molecule has 1 atom stereocenters. The number of hydrogen-bond acceptors (Lipinski definition) is 5. The van der Waals surface area contributed by atoms with Gasteiger partial charge in [0.1, 0.15) is 18.2 Å². The number of nitrogens with one attached hydrogen (secondary N) is 1. The van der Waals surface area contributed by atoms with E-state index in [1.165, 1.54) is 13.4 Å². The molecule has 1 aromatic heterocycles. The number of aromatic nitrogens is 2. The summed E-state index contributed by atoms with van der Waals surface area (Å²) in [6.45, 7) is 3.81. The third-order valence-electron chi connectivity index (χ3n) is 2.13. The van der Waals surface area contributed by atoms with Crippen LogP contribution in [0.15, 0.2) is 12.4 Å². The predicted octanol–water partition coefficient (Wildman–Crippen LogP) is 0.407. The lowest BCUT2D eigenvalue weighted by atomic mass is 10.0. The molecular formula is C10H16N4O2. The number of rotatable bonds is 5. The minimum Gasteiger partial charge on any atom is -0.481 e. The third-order valence-corrected chi connectivity index (χ3v) is 2.13. The van der Waals surface area contributed by atoms with Crippen LogP contribution in [0.1, 0.15) is 13.8 Å². The molecule has 0 saturated heterocycles. The number of ether oxygens (including phenoxy) is 1. The van der Waals surface area contributed by atoms with Crippen molar-refractivity contribution in [3.8, 4) is 5.88 Å². The second-order valence-corrected chi connectivity index (χ2v) is 3.71. The first-order chi connectivity index (χ1) is 7.54. The molecule has 0 radical (unpaired) electrons. The summed E-state index contributed by atoms with van der Waals surface area (Å²) in [6.07, 6.45) is 1.36. The molecule has 1 heterocycles. The average molecular weight is 224 g/mol. The van der Waals surface area contributed by atoms with Crippen LogP contribution >= 0.6 is 0 Å². The summed E-state index contributed by atoms with van der Waals surface area (Å²) in [5.41, 5.74) is 5.28. The molecule has 1 aromatic rings. The van der Waals surface area contributed by atoms with Gasteiger partial charge in [-0.25, -0.2) is 9.97 Å². The number of methoxy groups -OCH3 is 1. The lowest BCUT2D eigenvalue weighted by Crippen LogP contribution is -2.39. The summed E-state index contributed by atoms with van der Waals surface area (Å²) in [5, 5.41) is 2.95. The van der Waals surface area contributed by atoms with Crippen LogP contribution in [0.4, 0.5) is 5.82 Å². The monoisotopic (exact) mass is 224 g/mol. The van der Waals surface area contributed by atoms with Gasteiger partial charge in [0.15, 0.2) is 0 Å². The number of anilines is 1. The summed E-state index contributed by atoms with van der Waals surface area (Å²) in [6, 6.07) is 1.15. The largest absolute Gasteiger partial charge is 0.481 e. The highest BCUT2D eigenvalue weighted by Crippen LogP contribution is 2.13. The molecular weight excluding hydrogens is 208 g/mol. The molecule has 6 heteroatoms. The first-order valence-electron chi connectivity index (χ1n) is 4.96. The van der Waals surface area contributed by atoms with Crippen molar-refractivity contribution in [2.75, 3.05) is 12.4 Å². The van der Waals surface area contributed by atoms with Crippen LogP contribution in [-0.4, -0.2) is 29.0 Å². The van der Waals surface area contributed by atoms with Gasteiger partial charge in [-0.2, -0.15) is 0 Å². The molecule has 16 heavy (non-hydrogen) atoms. The quantitative estimate of drug-likeness (QED) is 0.755. The maximum atomic E-state index is 11.2. The summed E-state index contributed by atoms with van der Waals surface area (Å²) < 4.78 is 4.95. The van der Waals surface area contributed by atoms with Crippen LogP contribution in [0.25, 0.3) is 0 Å². The van der Waals surface area contributed by atoms with E-state index in [1.54, 1.807) is 6.07 Å². The summed E-state index contributed by atoms with van der Waals surface area (Å²) in [5.74, 6) is 0.625. The highest BCUT2D eigenvalue weighted by Gasteiger charge is 2.19. The summed E-state index contributed by atoms with van der Waals surface area (Å²) in [7, 11) is 1.51. The Morgan fingerprint density at radius 2 is 2.19 bits per heavy atom. The molecule has 0 bridgehead atoms. The molecule has 6 nitrogen and oxygen atoms in total. The Labute approximate surface area is 94.2 Å². The maximum Gasteiger partial charge on any atom is 0.240 e. The third kappa shape index (κ3) is 3.08. The van der Waals surface area contributed by atoms with Gasteiger partial charge in [0.05, 0.1) is 7.11 Å². The highest BCUT2D eigenvalue weighted by atomic mass is 16.5. The van der Waals surface area contributed by atoms with Crippen molar-refractivity contribution < 1.29 is 9.53 Å². The van der Waals surface area contributed by atoms with E-state index < -0.39 is 11.9 Å². The van der Waals surface area contributed by atoms with Crippen molar-refractivity contribution in [2.45, 2.75) is 19.9 Å². The van der Waals surface area contributed by atoms with E-state index in [0.717, 1.165) is 0 Å². The molecule has 3 N–H and O–H groups in total. The van der Waals surface area contributed by atoms with Crippen molar-refractivity contribution >= 4 is 11.7 Å². The fourth-order valence-corrected chi connectivity index (χ4v) is 1.26. The molecule has 1 rings (SSSR count). The van der Waals surface area contributed by atoms with Crippen LogP contribution < -0.4 is 15.8 Å². The minimum atomic E-state index is -0.459. The molecule has 0 aliphatic rings. The van der Waals surface area contributed by atoms with E-state index in [0.29, 0.717) is 11.7 Å². The van der Waals surface area contributed by atoms with Crippen molar-refractivity contribution in [1.29, 1.82) is 0 Å². The van der Waals surface area contributed by atoms with Crippen molar-refractivity contribution in [3.63, 3.8) is 0 Å². The SMILES string of the molecule is COc1cc(NC(C(N)=O)C(C)C)ncn1. The van der Waals surface area contributed by atoms with Gasteiger partial charge < -0.3 is 15.8 Å². The number of nitrogens with two attached hydrogens (primary N) is 1. The number of nitrogens with zero attached hydrogens (tertiary/aromatic N) is 2. The molecule has 0 spiro atoms. The van der Waals surface area contributed by atoms with Crippen LogP contribution in [0, 0.1) is 5.92 Å². The molecule has 1 unspecified atom stereocenters. The number of hydrogen-bond donors (Lipinski definition) is 2. The number of carbonyl (C=O) groups excluding carboxylic acids is 1. The Bertz CT molecular complexity index is 368. The maximum absolute atomic E-state index is 11.2. The topological polar surface area (TPSA) is 90.1 Å². The van der Waals surface area contributed by atoms with E-state index in [-0.39, 0.29) is 5.92 Å². The number of amides is 1. The molecule has 0 saturated carbocycles. The summed E-state index contributed by atoms with van der Waals surface area (Å²) >= 11 is 0. The molecule has 0 aliphatic carbocycles. The van der Waals surface area contributed by atoms with Gasteiger partial charge >= 0.3 is 0 Å². The van der Waals surface area contributed by atoms with E-state index >= 15 is 0 Å². The fourth-order valence-electron chi connectivity index (χ4n) is 1.26. The standard InChI is InChI=1S/C10H16N4O2/c1-6(2)9(10(11)15)14-7-4-8(16-3)13-5-12-7/h4-6,9H,1-3H3,(H2,11,15)(H,12,13,14). The van der Waals surface area contributed by atoms with Crippen LogP contribution in [0.2, 0.25) is 0 Å². The Morgan fingerprint density at radius 3 is 2.69 bits per heavy atom. The second-order valence-electron chi connectivity index (χ2n) is 3.71. The van der Waals surface area contributed by atoms with Gasteiger partial charge in [0, 0.05) is 6.07 Å². The number of primary amides is 1. The zero-order valence-corrected chi connectivity index (χ0v) is 9.60. The van der Waals surface area contributed by atoms with Crippen LogP contribution in [-0.2, 0) is 4.79 Å². The zero-order valence-electron chi connectivity index (χ0n) is 9.60. The van der Waals surface area contributed by atoms with E-state index in [9.17, 15) is 4.79 Å². The Hall–Kier alpha value is -1.85. The second kappa shape index (κ2) is 5.29. The van der Waals surface area contributed by atoms with Gasteiger partial charge in [-0.15, -0.1) is 0 Å². The van der Waals surface area contributed by atoms with Gasteiger partial charge in [-0.3, -0.25) is 4.79 Å². The molecule has 0 aromatic carbocycles. The summed E-state index contributed by atoms with van der Waals surface area (Å²) in [4.78, 5) is 19.0. The van der Waals surface area contributed by atoms with Crippen molar-refractivity contribution in [2.24, 2.45) is 11.7 Å². The lowest BCUT2D eigenvalue weighted by Gasteiger charge is -2.19. The number of carbonyl (C=O) groups is 1. The van der Waals surface area contributed by atoms with Gasteiger partial charge in [0.25, 0.3) is 0 Å². The normalized spacial score (nSPS) is 12.2. The van der Waals surface area contributed by atoms with Crippen molar-refractivity contribution in [3.05, 3.63) is 12.4 Å². The fraction of sp³-hybridized carbons (Fsp3) is 0.500. The van der Waals surface area contributed by atoms with E-state index in [4.69, 9.17) is 10.5 Å². The molecule has 88 valence electrons. The average Bonchev–Trinajstić information content (AvgIpc) is 2.25. The van der Waals surface area contributed by atoms with E-state index in [1.807, 2.05) is 13.8 Å². The Balaban J connectivity index is 2.81. The molecule has 0 fully saturated rings. The zero-order chi connectivity index (χ0) is 12.1. The first-order valence-corrected chi connectivity index (χ1v) is 4.96. The van der Waals surface area contributed by atoms with Gasteiger partial charge in [0.2, 0.25) is 11.8 Å². The first kappa shape index (κ1) is 12.2. The van der Waals surface area contributed by atoms with Crippen LogP contribution in [0.3, 0.4) is 0 Å². The molecule has 0 aliphatic heterocycles. The van der Waals surface area contributed by atoms with Gasteiger partial charge in [-0.1, -0.05) is 13.8 Å². The van der Waals surface area contributed by atoms with E-state index in [2.05, 4.69) is 15.3 Å². The lowest BCUT2D eigenvalue weighted by molar-refractivity contribution is -0.119. The van der Waals surface area contributed by atoms with Gasteiger partial charge in [-0.05, 0) is 5.92 Å². The predicted molar refractivity (Wildman–Crippen MR) is 60.0 cm³/mol. The minimum absolute atomic E-state index is 0.0819. The Kier molecular flexibility index (Phi) is 4.04. The van der Waals surface area contributed by atoms with Crippen LogP contribution in [0.5, 0.6) is 5.88 Å². The van der Waals surface area contributed by atoms with Crippen molar-refractivity contribution in [1.82, 2.24) is 9.97 Å². The Morgan fingerprint density at radius 1 is 1.50 bits per heavy atom. The highest BCUT2D eigenvalue weighted by molar-refractivity contribution is 5.82. The molecule has 1 amide bonds. The smallest absolute Gasteiger partial charge is 0.240 e.